The Kier molecular flexibility index (Phi) is 6.41. The van der Waals surface area contributed by atoms with E-state index in [1.165, 1.54) is 0 Å². The van der Waals surface area contributed by atoms with Crippen LogP contribution in [0.4, 0.5) is 0 Å². The Balaban J connectivity index is 2.13. The molecular formula is C19H25NO4. The van der Waals surface area contributed by atoms with Crippen molar-refractivity contribution in [2.45, 2.75) is 39.5 Å². The van der Waals surface area contributed by atoms with Crippen LogP contribution in [0, 0.1) is 5.92 Å². The highest BCUT2D eigenvalue weighted by Crippen LogP contribution is 2.30. The molecule has 0 heterocycles. The maximum absolute atomic E-state index is 12.5. The molecule has 2 rings (SSSR count). The van der Waals surface area contributed by atoms with Gasteiger partial charge in [0.1, 0.15) is 6.29 Å². The van der Waals surface area contributed by atoms with Gasteiger partial charge in [-0.3, -0.25) is 4.79 Å². The molecule has 5 heteroatoms. The molecular weight excluding hydrogens is 306 g/mol. The third-order valence-electron chi connectivity index (χ3n) is 4.35. The maximum atomic E-state index is 12.5. The number of rotatable bonds is 8. The van der Waals surface area contributed by atoms with Gasteiger partial charge in [-0.25, -0.2) is 0 Å². The Morgan fingerprint density at radius 1 is 1.38 bits per heavy atom. The summed E-state index contributed by atoms with van der Waals surface area (Å²) in [7, 11) is 1.58. The predicted octanol–water partition coefficient (Wildman–Crippen LogP) is 3.49. The summed E-state index contributed by atoms with van der Waals surface area (Å²) in [5.74, 6) is 0.907. The number of nitrogens with one attached hydrogen (secondary N) is 1. The number of ether oxygens (including phenoxy) is 2. The Bertz CT molecular complexity index is 636. The van der Waals surface area contributed by atoms with Gasteiger partial charge in [-0.15, -0.1) is 0 Å². The minimum absolute atomic E-state index is 0.0795. The molecule has 0 aromatic heterocycles. The molecule has 0 fully saturated rings. The molecule has 1 unspecified atom stereocenters. The summed E-state index contributed by atoms with van der Waals surface area (Å²) in [6, 6.07) is 5.15. The molecule has 1 N–H and O–H groups in total. The molecule has 1 amide bonds. The molecule has 1 atom stereocenters. The van der Waals surface area contributed by atoms with Gasteiger partial charge in [-0.05, 0) is 50.0 Å². The van der Waals surface area contributed by atoms with Crippen molar-refractivity contribution in [2.24, 2.45) is 5.92 Å². The minimum atomic E-state index is -0.195. The van der Waals surface area contributed by atoms with Crippen LogP contribution in [0.5, 0.6) is 11.5 Å². The summed E-state index contributed by atoms with van der Waals surface area (Å²) in [5.41, 5.74) is 2.31. The highest BCUT2D eigenvalue weighted by Gasteiger charge is 2.23. The van der Waals surface area contributed by atoms with Crippen LogP contribution in [0.2, 0.25) is 0 Å². The molecule has 0 aliphatic heterocycles. The Labute approximate surface area is 143 Å². The van der Waals surface area contributed by atoms with Crippen molar-refractivity contribution < 1.29 is 19.1 Å². The van der Waals surface area contributed by atoms with E-state index in [9.17, 15) is 9.59 Å². The van der Waals surface area contributed by atoms with Crippen LogP contribution >= 0.6 is 0 Å². The summed E-state index contributed by atoms with van der Waals surface area (Å²) in [5, 5.41) is 2.93. The van der Waals surface area contributed by atoms with E-state index >= 15 is 0 Å². The summed E-state index contributed by atoms with van der Waals surface area (Å²) >= 11 is 0. The van der Waals surface area contributed by atoms with Crippen LogP contribution in [-0.2, 0) is 4.79 Å². The topological polar surface area (TPSA) is 64.6 Å². The molecule has 0 radical (unpaired) electrons. The number of allylic oxidation sites excluding steroid dienone is 2. The Morgan fingerprint density at radius 3 is 2.79 bits per heavy atom. The van der Waals surface area contributed by atoms with Gasteiger partial charge in [0, 0.05) is 17.2 Å². The van der Waals surface area contributed by atoms with E-state index in [2.05, 4.69) is 12.2 Å². The average molecular weight is 331 g/mol. The minimum Gasteiger partial charge on any atom is -0.493 e. The van der Waals surface area contributed by atoms with E-state index < -0.39 is 0 Å². The molecule has 1 aliphatic rings. The standard InChI is InChI=1S/C19H25NO4/c1-4-5-10-24-18-11-14(7-9-17(18)23-3)19(22)20-16-8-6-15(12-21)13(16)2/h7,9,11-12,15H,4-6,8,10H2,1-3H3,(H,20,22). The third kappa shape index (κ3) is 4.16. The van der Waals surface area contributed by atoms with Gasteiger partial charge in [-0.2, -0.15) is 0 Å². The monoisotopic (exact) mass is 331 g/mol. The number of carbonyl (C=O) groups is 2. The van der Waals surface area contributed by atoms with Gasteiger partial charge in [0.2, 0.25) is 0 Å². The highest BCUT2D eigenvalue weighted by molar-refractivity contribution is 5.96. The van der Waals surface area contributed by atoms with Gasteiger partial charge >= 0.3 is 0 Å². The largest absolute Gasteiger partial charge is 0.493 e. The summed E-state index contributed by atoms with van der Waals surface area (Å²) in [6.45, 7) is 4.58. The van der Waals surface area contributed by atoms with Gasteiger partial charge in [0.05, 0.1) is 13.7 Å². The zero-order chi connectivity index (χ0) is 17.5. The maximum Gasteiger partial charge on any atom is 0.255 e. The molecule has 0 saturated heterocycles. The lowest BCUT2D eigenvalue weighted by Crippen LogP contribution is -2.22. The molecule has 1 aliphatic carbocycles. The first-order valence-electron chi connectivity index (χ1n) is 8.37. The number of hydrogen-bond donors (Lipinski definition) is 1. The Morgan fingerprint density at radius 2 is 2.17 bits per heavy atom. The average Bonchev–Trinajstić information content (AvgIpc) is 2.95. The highest BCUT2D eigenvalue weighted by atomic mass is 16.5. The SMILES string of the molecule is CCCCOc1cc(C(=O)NC2=C(C)C(C=O)CC2)ccc1OC. The zero-order valence-corrected chi connectivity index (χ0v) is 14.6. The predicted molar refractivity (Wildman–Crippen MR) is 92.4 cm³/mol. The lowest BCUT2D eigenvalue weighted by molar-refractivity contribution is -0.110. The van der Waals surface area contributed by atoms with Crippen LogP contribution < -0.4 is 14.8 Å². The fourth-order valence-corrected chi connectivity index (χ4v) is 2.73. The second kappa shape index (κ2) is 8.52. The molecule has 130 valence electrons. The summed E-state index contributed by atoms with van der Waals surface area (Å²) < 4.78 is 11.0. The van der Waals surface area contributed by atoms with Crippen LogP contribution in [0.1, 0.15) is 49.9 Å². The second-order valence-corrected chi connectivity index (χ2v) is 5.96. The number of amides is 1. The first kappa shape index (κ1) is 18.0. The summed E-state index contributed by atoms with van der Waals surface area (Å²) in [4.78, 5) is 23.5. The molecule has 1 aromatic rings. The second-order valence-electron chi connectivity index (χ2n) is 5.96. The van der Waals surface area contributed by atoms with Crippen LogP contribution in [0.3, 0.4) is 0 Å². The van der Waals surface area contributed by atoms with E-state index in [0.717, 1.165) is 43.2 Å². The number of aldehydes is 1. The van der Waals surface area contributed by atoms with E-state index in [1.54, 1.807) is 25.3 Å². The number of benzene rings is 1. The van der Waals surface area contributed by atoms with E-state index in [1.807, 2.05) is 6.92 Å². The van der Waals surface area contributed by atoms with Crippen LogP contribution in [0.25, 0.3) is 0 Å². The molecule has 0 saturated carbocycles. The molecule has 0 bridgehead atoms. The number of methoxy groups -OCH3 is 1. The number of carbonyl (C=O) groups excluding carboxylic acids is 2. The van der Waals surface area contributed by atoms with Crippen molar-refractivity contribution in [3.8, 4) is 11.5 Å². The Hall–Kier alpha value is -2.30. The van der Waals surface area contributed by atoms with Crippen molar-refractivity contribution in [1.82, 2.24) is 5.32 Å². The van der Waals surface area contributed by atoms with E-state index in [4.69, 9.17) is 9.47 Å². The van der Waals surface area contributed by atoms with Crippen molar-refractivity contribution >= 4 is 12.2 Å². The first-order valence-corrected chi connectivity index (χ1v) is 8.37. The fourth-order valence-electron chi connectivity index (χ4n) is 2.73. The zero-order valence-electron chi connectivity index (χ0n) is 14.6. The molecule has 1 aromatic carbocycles. The third-order valence-corrected chi connectivity index (χ3v) is 4.35. The van der Waals surface area contributed by atoms with Crippen molar-refractivity contribution in [3.63, 3.8) is 0 Å². The van der Waals surface area contributed by atoms with Crippen molar-refractivity contribution in [2.75, 3.05) is 13.7 Å². The summed E-state index contributed by atoms with van der Waals surface area (Å²) in [6.07, 6.45) is 4.41. The number of hydrogen-bond acceptors (Lipinski definition) is 4. The molecule has 0 spiro atoms. The van der Waals surface area contributed by atoms with E-state index in [0.29, 0.717) is 23.7 Å². The number of unbranched alkanes of at least 4 members (excludes halogenated alkanes) is 1. The van der Waals surface area contributed by atoms with Crippen LogP contribution in [-0.4, -0.2) is 25.9 Å². The van der Waals surface area contributed by atoms with Crippen molar-refractivity contribution in [1.29, 1.82) is 0 Å². The molecule has 24 heavy (non-hydrogen) atoms. The van der Waals surface area contributed by atoms with Crippen molar-refractivity contribution in [3.05, 3.63) is 35.0 Å². The first-order chi connectivity index (χ1) is 11.6. The lowest BCUT2D eigenvalue weighted by atomic mass is 10.1. The van der Waals surface area contributed by atoms with Gasteiger partial charge in [0.15, 0.2) is 11.5 Å². The molecule has 5 nitrogen and oxygen atoms in total. The quantitative estimate of drug-likeness (QED) is 0.585. The normalized spacial score (nSPS) is 16.9. The van der Waals surface area contributed by atoms with Gasteiger partial charge < -0.3 is 19.6 Å². The van der Waals surface area contributed by atoms with Gasteiger partial charge in [0.25, 0.3) is 5.91 Å². The lowest BCUT2D eigenvalue weighted by Gasteiger charge is -2.13. The smallest absolute Gasteiger partial charge is 0.255 e. The van der Waals surface area contributed by atoms with Crippen LogP contribution in [0.15, 0.2) is 29.5 Å². The fraction of sp³-hybridized carbons (Fsp3) is 0.474. The van der Waals surface area contributed by atoms with E-state index in [-0.39, 0.29) is 11.8 Å². The van der Waals surface area contributed by atoms with Gasteiger partial charge in [-0.1, -0.05) is 13.3 Å².